The van der Waals surface area contributed by atoms with E-state index in [0.29, 0.717) is 5.56 Å². The van der Waals surface area contributed by atoms with Crippen LogP contribution in [0.3, 0.4) is 0 Å². The van der Waals surface area contributed by atoms with Gasteiger partial charge in [0.2, 0.25) is 5.69 Å². The molecule has 0 aliphatic carbocycles. The van der Waals surface area contributed by atoms with Crippen LogP contribution in [-0.2, 0) is 30.4 Å². The lowest BCUT2D eigenvalue weighted by molar-refractivity contribution is -0.150. The molecule has 198 valence electrons. The summed E-state index contributed by atoms with van der Waals surface area (Å²) < 4.78 is 10.3. The van der Waals surface area contributed by atoms with Gasteiger partial charge in [0.25, 0.3) is 11.8 Å². The number of nitrogens with zero attached hydrogens (tertiary/aromatic N) is 5. The van der Waals surface area contributed by atoms with E-state index in [-0.39, 0.29) is 29.3 Å². The van der Waals surface area contributed by atoms with E-state index in [4.69, 9.17) is 4.74 Å². The Morgan fingerprint density at radius 3 is 2.47 bits per heavy atom. The number of nitrogens with one attached hydrogen (secondary N) is 1. The minimum Gasteiger partial charge on any atom is -0.477 e. The number of carbonyl (C=O) groups is 5. The highest BCUT2D eigenvalue weighted by atomic mass is 32.2. The molecule has 2 N–H and O–H groups in total. The van der Waals surface area contributed by atoms with Gasteiger partial charge in [0.05, 0.1) is 20.8 Å². The number of esters is 2. The smallest absolute Gasteiger partial charge is 0.361 e. The molecule has 1 aromatic heterocycles. The van der Waals surface area contributed by atoms with Crippen LogP contribution in [0.4, 0.5) is 0 Å². The minimum absolute atomic E-state index is 0.0739. The van der Waals surface area contributed by atoms with Gasteiger partial charge in [0.15, 0.2) is 11.7 Å². The molecular formula is C22H20N6O9S. The molecule has 2 aliphatic heterocycles. The van der Waals surface area contributed by atoms with E-state index in [2.05, 4.69) is 25.5 Å². The normalized spacial score (nSPS) is 19.1. The molecule has 3 atom stereocenters. The van der Waals surface area contributed by atoms with Gasteiger partial charge in [-0.1, -0.05) is 40.7 Å². The van der Waals surface area contributed by atoms with Crippen LogP contribution in [0.1, 0.15) is 32.6 Å². The maximum Gasteiger partial charge on any atom is 0.361 e. The molecule has 0 saturated carbocycles. The number of carboxylic acids is 1. The molecule has 1 aromatic carbocycles. The van der Waals surface area contributed by atoms with Crippen molar-refractivity contribution in [2.45, 2.75) is 24.0 Å². The summed E-state index contributed by atoms with van der Waals surface area (Å²) in [5.41, 5.74) is -0.591. The lowest BCUT2D eigenvalue weighted by Crippen LogP contribution is -2.70. The lowest BCUT2D eigenvalue weighted by Gasteiger charge is -2.49. The molecule has 2 amide bonds. The fraction of sp³-hybridized carbons (Fsp3) is 0.318. The molecule has 2 aromatic rings. The number of aromatic nitrogens is 3. The van der Waals surface area contributed by atoms with Gasteiger partial charge in [-0.3, -0.25) is 14.5 Å². The third kappa shape index (κ3) is 4.60. The Bertz CT molecular complexity index is 1360. The summed E-state index contributed by atoms with van der Waals surface area (Å²) in [5.74, 6) is -4.74. The monoisotopic (exact) mass is 544 g/mol. The number of carboxylic acid groups (broad SMARTS) is 1. The Morgan fingerprint density at radius 1 is 1.18 bits per heavy atom. The number of nitroso groups, excluding NO2 is 1. The van der Waals surface area contributed by atoms with Crippen molar-refractivity contribution < 1.29 is 38.6 Å². The van der Waals surface area contributed by atoms with Gasteiger partial charge < -0.3 is 19.9 Å². The quantitative estimate of drug-likeness (QED) is 0.245. The fourth-order valence-corrected chi connectivity index (χ4v) is 5.41. The van der Waals surface area contributed by atoms with Crippen molar-refractivity contribution >= 4 is 41.5 Å². The van der Waals surface area contributed by atoms with Crippen LogP contribution in [0.25, 0.3) is 0 Å². The average Bonchev–Trinajstić information content (AvgIpc) is 3.34. The van der Waals surface area contributed by atoms with Crippen LogP contribution in [0.5, 0.6) is 0 Å². The van der Waals surface area contributed by atoms with Crippen LogP contribution >= 0.6 is 11.8 Å². The van der Waals surface area contributed by atoms with Gasteiger partial charge in [0, 0.05) is 5.75 Å². The first-order chi connectivity index (χ1) is 18.2. The number of hydrogen-bond acceptors (Lipinski definition) is 12. The molecule has 0 radical (unpaired) electrons. The van der Waals surface area contributed by atoms with Gasteiger partial charge in [0.1, 0.15) is 17.1 Å². The number of β-lactam (4-membered cyclic amide) rings is 1. The topological polar surface area (TPSA) is 199 Å². The van der Waals surface area contributed by atoms with E-state index < -0.39 is 52.9 Å². The summed E-state index contributed by atoms with van der Waals surface area (Å²) >= 11 is 1.16. The molecule has 38 heavy (non-hydrogen) atoms. The number of amides is 2. The Balaban J connectivity index is 1.58. The first kappa shape index (κ1) is 26.5. The van der Waals surface area contributed by atoms with Crippen molar-refractivity contribution in [3.63, 3.8) is 0 Å². The van der Waals surface area contributed by atoms with Crippen LogP contribution in [0.2, 0.25) is 0 Å². The second-order valence-electron chi connectivity index (χ2n) is 8.00. The molecule has 4 rings (SSSR count). The van der Waals surface area contributed by atoms with Crippen molar-refractivity contribution in [1.29, 1.82) is 0 Å². The van der Waals surface area contributed by atoms with E-state index in [1.807, 2.05) is 0 Å². The number of ether oxygens (including phenoxy) is 2. The minimum atomic E-state index is -1.42. The first-order valence-corrected chi connectivity index (χ1v) is 12.0. The predicted octanol–water partition coefficient (Wildman–Crippen LogP) is 0.0976. The zero-order valence-electron chi connectivity index (χ0n) is 19.9. The first-order valence-electron chi connectivity index (χ1n) is 10.9. The number of aliphatic carboxylic acids is 1. The number of fused-ring (bicyclic) bond motifs is 1. The van der Waals surface area contributed by atoms with E-state index >= 15 is 0 Å². The third-order valence-electron chi connectivity index (χ3n) is 5.85. The van der Waals surface area contributed by atoms with E-state index in [1.54, 1.807) is 30.3 Å². The maximum atomic E-state index is 13.0. The Hall–Kier alpha value is -4.60. The van der Waals surface area contributed by atoms with E-state index in [1.165, 1.54) is 0 Å². The van der Waals surface area contributed by atoms with Crippen LogP contribution in [-0.4, -0.2) is 86.1 Å². The zero-order valence-corrected chi connectivity index (χ0v) is 20.7. The van der Waals surface area contributed by atoms with Gasteiger partial charge >= 0.3 is 17.9 Å². The standard InChI is InChI=1S/C22H20N6O9S/c1-36-21(33)13-16(22(34)37-2)27(26-24-13)8-11-9-38-19-14(18(30)28(19)15(11)20(31)32)23-17(29)12(25-35)10-6-4-3-5-7-10/h3-7,12,14,19H,8-9H2,1-2H3,(H,23,29)(H,31,32)/t12?,14-,19+/m1/s1. The van der Waals surface area contributed by atoms with Crippen molar-refractivity contribution in [2.75, 3.05) is 20.0 Å². The number of hydrogen-bond donors (Lipinski definition) is 2. The van der Waals surface area contributed by atoms with Crippen molar-refractivity contribution in [2.24, 2.45) is 5.18 Å². The summed E-state index contributed by atoms with van der Waals surface area (Å²) in [4.78, 5) is 74.5. The molecule has 1 unspecified atom stereocenters. The summed E-state index contributed by atoms with van der Waals surface area (Å²) in [5, 5.41) is 21.9. The number of rotatable bonds is 9. The predicted molar refractivity (Wildman–Crippen MR) is 127 cm³/mol. The number of benzene rings is 1. The molecule has 3 heterocycles. The van der Waals surface area contributed by atoms with Gasteiger partial charge in [-0.15, -0.1) is 21.8 Å². The van der Waals surface area contributed by atoms with Crippen molar-refractivity contribution in [1.82, 2.24) is 25.2 Å². The Kier molecular flexibility index (Phi) is 7.52. The van der Waals surface area contributed by atoms with E-state index in [0.717, 1.165) is 35.6 Å². The molecule has 0 spiro atoms. The molecule has 1 fully saturated rings. The molecule has 16 heteroatoms. The fourth-order valence-electron chi connectivity index (χ4n) is 4.07. The Labute approximate surface area is 218 Å². The molecule has 0 bridgehead atoms. The van der Waals surface area contributed by atoms with Gasteiger partial charge in [-0.25, -0.2) is 19.1 Å². The van der Waals surface area contributed by atoms with Crippen LogP contribution in [0.15, 0.2) is 46.8 Å². The molecule has 15 nitrogen and oxygen atoms in total. The maximum absolute atomic E-state index is 13.0. The number of methoxy groups -OCH3 is 2. The van der Waals surface area contributed by atoms with Gasteiger partial charge in [-0.05, 0) is 11.1 Å². The summed E-state index contributed by atoms with van der Waals surface area (Å²) in [6.45, 7) is -0.304. The molecule has 2 aliphatic rings. The molecule has 1 saturated heterocycles. The third-order valence-corrected chi connectivity index (χ3v) is 7.19. The summed E-state index contributed by atoms with van der Waals surface area (Å²) in [6.07, 6.45) is 0. The second-order valence-corrected chi connectivity index (χ2v) is 9.10. The van der Waals surface area contributed by atoms with Crippen LogP contribution in [0, 0.1) is 4.91 Å². The Morgan fingerprint density at radius 2 is 1.87 bits per heavy atom. The summed E-state index contributed by atoms with van der Waals surface area (Å²) in [7, 11) is 2.17. The number of carbonyl (C=O) groups excluding carboxylic acids is 4. The second kappa shape index (κ2) is 10.8. The highest BCUT2D eigenvalue weighted by molar-refractivity contribution is 8.00. The average molecular weight is 545 g/mol. The highest BCUT2D eigenvalue weighted by Gasteiger charge is 2.54. The number of thioether (sulfide) groups is 1. The van der Waals surface area contributed by atoms with Gasteiger partial charge in [-0.2, -0.15) is 0 Å². The highest BCUT2D eigenvalue weighted by Crippen LogP contribution is 2.41. The SMILES string of the molecule is COC(=O)c1nnn(CC2=C(C(=O)O)N3C(=O)[C@@H](NC(=O)C(N=O)c4ccccc4)[C@@H]3SC2)c1C(=O)OC. The van der Waals surface area contributed by atoms with Crippen molar-refractivity contribution in [3.8, 4) is 0 Å². The lowest BCUT2D eigenvalue weighted by atomic mass is 10.0. The largest absolute Gasteiger partial charge is 0.477 e. The molecular weight excluding hydrogens is 524 g/mol. The summed E-state index contributed by atoms with van der Waals surface area (Å²) in [6, 6.07) is 5.60. The van der Waals surface area contributed by atoms with E-state index in [9.17, 15) is 34.0 Å². The van der Waals surface area contributed by atoms with Crippen molar-refractivity contribution in [3.05, 3.63) is 63.5 Å². The zero-order chi connectivity index (χ0) is 27.6. The van der Waals surface area contributed by atoms with Crippen LogP contribution < -0.4 is 5.32 Å².